The Morgan fingerprint density at radius 3 is 2.54 bits per heavy atom. The van der Waals surface area contributed by atoms with Crippen LogP contribution in [0.15, 0.2) is 66.7 Å². The van der Waals surface area contributed by atoms with E-state index in [9.17, 15) is 14.0 Å². The Morgan fingerprint density at radius 1 is 1.00 bits per heavy atom. The van der Waals surface area contributed by atoms with E-state index in [0.717, 1.165) is 16.5 Å². The van der Waals surface area contributed by atoms with Gasteiger partial charge in [0, 0.05) is 24.0 Å². The summed E-state index contributed by atoms with van der Waals surface area (Å²) in [5, 5.41) is 4.80. The smallest absolute Gasteiger partial charge is 0.229 e. The van der Waals surface area contributed by atoms with Crippen LogP contribution in [0.3, 0.4) is 0 Å². The molecular weight excluding hydrogens is 331 g/mol. The Hall–Kier alpha value is -3.21. The fourth-order valence-corrected chi connectivity index (χ4v) is 3.34. The lowest BCUT2D eigenvalue weighted by atomic mass is 10.1. The monoisotopic (exact) mass is 348 g/mol. The second-order valence-electron chi connectivity index (χ2n) is 6.40. The standard InChI is InChI=1S/C21H17FN2O2/c22-16-8-10-17(11-9-16)23-21(26)15-12-20(25)24(13-15)19-7-3-5-14-4-1-2-6-18(14)19/h1-11,15H,12-13H2,(H,23,26)/t15-/m1/s1. The Labute approximate surface area is 150 Å². The maximum atomic E-state index is 13.0. The summed E-state index contributed by atoms with van der Waals surface area (Å²) in [5.41, 5.74) is 1.35. The van der Waals surface area contributed by atoms with E-state index in [0.29, 0.717) is 12.2 Å². The van der Waals surface area contributed by atoms with Gasteiger partial charge in [0.15, 0.2) is 0 Å². The number of hydrogen-bond donors (Lipinski definition) is 1. The molecule has 0 unspecified atom stereocenters. The van der Waals surface area contributed by atoms with Gasteiger partial charge in [-0.2, -0.15) is 0 Å². The van der Waals surface area contributed by atoms with Gasteiger partial charge in [-0.1, -0.05) is 36.4 Å². The van der Waals surface area contributed by atoms with E-state index in [2.05, 4.69) is 5.32 Å². The molecule has 4 nitrogen and oxygen atoms in total. The molecule has 5 heteroatoms. The largest absolute Gasteiger partial charge is 0.326 e. The number of hydrogen-bond acceptors (Lipinski definition) is 2. The molecule has 0 saturated carbocycles. The molecule has 26 heavy (non-hydrogen) atoms. The number of nitrogens with one attached hydrogen (secondary N) is 1. The van der Waals surface area contributed by atoms with Crippen molar-refractivity contribution in [1.82, 2.24) is 0 Å². The predicted molar refractivity (Wildman–Crippen MR) is 99.4 cm³/mol. The molecule has 0 aliphatic carbocycles. The molecule has 3 aromatic rings. The first-order chi connectivity index (χ1) is 12.6. The van der Waals surface area contributed by atoms with Gasteiger partial charge in [0.05, 0.1) is 11.6 Å². The highest BCUT2D eigenvalue weighted by Crippen LogP contribution is 2.32. The van der Waals surface area contributed by atoms with Crippen LogP contribution in [-0.2, 0) is 9.59 Å². The first kappa shape index (κ1) is 16.3. The van der Waals surface area contributed by atoms with Crippen LogP contribution < -0.4 is 10.2 Å². The van der Waals surface area contributed by atoms with Gasteiger partial charge in [-0.05, 0) is 35.7 Å². The Morgan fingerprint density at radius 2 is 1.73 bits per heavy atom. The highest BCUT2D eigenvalue weighted by atomic mass is 19.1. The van der Waals surface area contributed by atoms with Crippen molar-refractivity contribution >= 4 is 34.0 Å². The summed E-state index contributed by atoms with van der Waals surface area (Å²) >= 11 is 0. The molecule has 3 aromatic carbocycles. The number of anilines is 2. The molecule has 1 fully saturated rings. The molecule has 1 saturated heterocycles. The SMILES string of the molecule is O=C(Nc1ccc(F)cc1)[C@@H]1CC(=O)N(c2cccc3ccccc23)C1. The molecule has 1 N–H and O–H groups in total. The van der Waals surface area contributed by atoms with Gasteiger partial charge in [-0.3, -0.25) is 9.59 Å². The van der Waals surface area contributed by atoms with E-state index in [4.69, 9.17) is 0 Å². The quantitative estimate of drug-likeness (QED) is 0.779. The topological polar surface area (TPSA) is 49.4 Å². The number of halogens is 1. The second-order valence-corrected chi connectivity index (χ2v) is 6.40. The van der Waals surface area contributed by atoms with Crippen molar-refractivity contribution < 1.29 is 14.0 Å². The molecule has 130 valence electrons. The predicted octanol–water partition coefficient (Wildman–Crippen LogP) is 3.97. The third-order valence-corrected chi connectivity index (χ3v) is 4.67. The van der Waals surface area contributed by atoms with Gasteiger partial charge in [-0.25, -0.2) is 4.39 Å². The minimum atomic E-state index is -0.438. The molecule has 0 bridgehead atoms. The van der Waals surface area contributed by atoms with Crippen molar-refractivity contribution in [2.75, 3.05) is 16.8 Å². The minimum absolute atomic E-state index is 0.0689. The van der Waals surface area contributed by atoms with Crippen molar-refractivity contribution in [1.29, 1.82) is 0 Å². The normalized spacial score (nSPS) is 16.9. The van der Waals surface area contributed by atoms with Crippen LogP contribution in [0.4, 0.5) is 15.8 Å². The van der Waals surface area contributed by atoms with E-state index in [-0.39, 0.29) is 24.1 Å². The van der Waals surface area contributed by atoms with Gasteiger partial charge in [0.25, 0.3) is 0 Å². The highest BCUT2D eigenvalue weighted by molar-refractivity contribution is 6.08. The summed E-state index contributed by atoms with van der Waals surface area (Å²) in [5.74, 6) is -1.10. The van der Waals surface area contributed by atoms with Crippen LogP contribution >= 0.6 is 0 Å². The molecule has 1 heterocycles. The van der Waals surface area contributed by atoms with Crippen LogP contribution in [0, 0.1) is 11.7 Å². The number of nitrogens with zero attached hydrogens (tertiary/aromatic N) is 1. The third kappa shape index (κ3) is 3.04. The molecule has 4 rings (SSSR count). The second kappa shape index (κ2) is 6.59. The summed E-state index contributed by atoms with van der Waals surface area (Å²) in [7, 11) is 0. The number of carbonyl (C=O) groups excluding carboxylic acids is 2. The fraction of sp³-hybridized carbons (Fsp3) is 0.143. The van der Waals surface area contributed by atoms with Crippen LogP contribution in [0.2, 0.25) is 0 Å². The molecule has 1 aliphatic rings. The molecule has 0 spiro atoms. The maximum absolute atomic E-state index is 13.0. The average molecular weight is 348 g/mol. The number of amides is 2. The van der Waals surface area contributed by atoms with Gasteiger partial charge in [0.1, 0.15) is 5.82 Å². The van der Waals surface area contributed by atoms with Gasteiger partial charge < -0.3 is 10.2 Å². The molecule has 1 atom stereocenters. The lowest BCUT2D eigenvalue weighted by molar-refractivity contribution is -0.122. The molecule has 2 amide bonds. The maximum Gasteiger partial charge on any atom is 0.229 e. The van der Waals surface area contributed by atoms with Crippen LogP contribution in [0.5, 0.6) is 0 Å². The van der Waals surface area contributed by atoms with E-state index in [1.807, 2.05) is 42.5 Å². The Bertz CT molecular complexity index is 979. The van der Waals surface area contributed by atoms with Gasteiger partial charge >= 0.3 is 0 Å². The Balaban J connectivity index is 1.55. The lowest BCUT2D eigenvalue weighted by Crippen LogP contribution is -2.28. The highest BCUT2D eigenvalue weighted by Gasteiger charge is 2.35. The van der Waals surface area contributed by atoms with E-state index < -0.39 is 5.92 Å². The van der Waals surface area contributed by atoms with Gasteiger partial charge in [0.2, 0.25) is 11.8 Å². The van der Waals surface area contributed by atoms with Crippen molar-refractivity contribution in [3.8, 4) is 0 Å². The molecule has 0 radical (unpaired) electrons. The zero-order valence-electron chi connectivity index (χ0n) is 14.0. The average Bonchev–Trinajstić information content (AvgIpc) is 3.05. The van der Waals surface area contributed by atoms with Crippen molar-refractivity contribution in [2.45, 2.75) is 6.42 Å². The summed E-state index contributed by atoms with van der Waals surface area (Å²) < 4.78 is 13.0. The first-order valence-electron chi connectivity index (χ1n) is 8.46. The number of rotatable bonds is 3. The molecule has 0 aromatic heterocycles. The minimum Gasteiger partial charge on any atom is -0.326 e. The van der Waals surface area contributed by atoms with E-state index >= 15 is 0 Å². The van der Waals surface area contributed by atoms with Crippen molar-refractivity contribution in [3.05, 3.63) is 72.5 Å². The number of benzene rings is 3. The zero-order valence-corrected chi connectivity index (χ0v) is 14.0. The number of carbonyl (C=O) groups is 2. The summed E-state index contributed by atoms with van der Waals surface area (Å²) in [6.45, 7) is 0.333. The summed E-state index contributed by atoms with van der Waals surface area (Å²) in [4.78, 5) is 26.7. The van der Waals surface area contributed by atoms with Crippen molar-refractivity contribution in [2.24, 2.45) is 5.92 Å². The first-order valence-corrected chi connectivity index (χ1v) is 8.46. The van der Waals surface area contributed by atoms with Crippen LogP contribution in [0.1, 0.15) is 6.42 Å². The molecular formula is C21H17FN2O2. The van der Waals surface area contributed by atoms with E-state index in [1.54, 1.807) is 4.90 Å². The summed E-state index contributed by atoms with van der Waals surface area (Å²) in [6, 6.07) is 19.3. The van der Waals surface area contributed by atoms with Crippen molar-refractivity contribution in [3.63, 3.8) is 0 Å². The summed E-state index contributed by atoms with van der Waals surface area (Å²) in [6.07, 6.45) is 0.163. The fourth-order valence-electron chi connectivity index (χ4n) is 3.34. The number of fused-ring (bicyclic) bond motifs is 1. The van der Waals surface area contributed by atoms with Gasteiger partial charge in [-0.15, -0.1) is 0 Å². The third-order valence-electron chi connectivity index (χ3n) is 4.67. The molecule has 1 aliphatic heterocycles. The Kier molecular flexibility index (Phi) is 4.13. The zero-order chi connectivity index (χ0) is 18.1. The van der Waals surface area contributed by atoms with Crippen LogP contribution in [-0.4, -0.2) is 18.4 Å². The van der Waals surface area contributed by atoms with E-state index in [1.165, 1.54) is 24.3 Å². The lowest BCUT2D eigenvalue weighted by Gasteiger charge is -2.19. The van der Waals surface area contributed by atoms with Crippen LogP contribution in [0.25, 0.3) is 10.8 Å².